The molecule has 0 aliphatic heterocycles. The molecule has 2 bridgehead atoms. The Balaban J connectivity index is 2.45. The van der Waals surface area contributed by atoms with E-state index in [1.807, 2.05) is 0 Å². The molecule has 0 heterocycles. The number of hydrogen-bond donors (Lipinski definition) is 0. The van der Waals surface area contributed by atoms with Gasteiger partial charge in [-0.05, 0) is 31.6 Å². The first-order chi connectivity index (χ1) is 6.62. The summed E-state index contributed by atoms with van der Waals surface area (Å²) in [4.78, 5) is 0. The molecule has 2 aliphatic carbocycles. The van der Waals surface area contributed by atoms with Crippen LogP contribution in [0.5, 0.6) is 0 Å². The Labute approximate surface area is 84.8 Å². The highest BCUT2D eigenvalue weighted by Crippen LogP contribution is 2.70. The minimum atomic E-state index is -4.81. The molecule has 2 rings (SSSR count). The Kier molecular flexibility index (Phi) is 1.98. The molecular formula is C10H13F5. The molecule has 3 unspecified atom stereocenters. The van der Waals surface area contributed by atoms with Gasteiger partial charge >= 0.3 is 6.18 Å². The van der Waals surface area contributed by atoms with E-state index in [0.29, 0.717) is 6.92 Å². The number of alkyl halides is 5. The van der Waals surface area contributed by atoms with Crippen LogP contribution >= 0.6 is 0 Å². The minimum absolute atomic E-state index is 0.0180. The number of halogens is 5. The third-order valence-corrected chi connectivity index (χ3v) is 4.45. The van der Waals surface area contributed by atoms with Gasteiger partial charge in [-0.3, -0.25) is 0 Å². The molecule has 0 radical (unpaired) electrons. The molecule has 15 heavy (non-hydrogen) atoms. The van der Waals surface area contributed by atoms with E-state index >= 15 is 0 Å². The van der Waals surface area contributed by atoms with E-state index in [0.717, 1.165) is 0 Å². The van der Waals surface area contributed by atoms with Crippen LogP contribution in [0.25, 0.3) is 0 Å². The van der Waals surface area contributed by atoms with Gasteiger partial charge in [0.15, 0.2) is 0 Å². The van der Waals surface area contributed by atoms with Crippen molar-refractivity contribution in [3.8, 4) is 0 Å². The highest BCUT2D eigenvalue weighted by atomic mass is 19.4. The summed E-state index contributed by atoms with van der Waals surface area (Å²) < 4.78 is 65.7. The summed E-state index contributed by atoms with van der Waals surface area (Å²) in [5.41, 5.74) is -2.81. The van der Waals surface area contributed by atoms with Gasteiger partial charge in [0.1, 0.15) is 5.41 Å². The highest BCUT2D eigenvalue weighted by molar-refractivity contribution is 5.14. The zero-order chi connectivity index (χ0) is 11.6. The fraction of sp³-hybridized carbons (Fsp3) is 1.00. The molecule has 5 heteroatoms. The predicted molar refractivity (Wildman–Crippen MR) is 44.5 cm³/mol. The first-order valence-corrected chi connectivity index (χ1v) is 5.07. The first-order valence-electron chi connectivity index (χ1n) is 5.07. The van der Waals surface area contributed by atoms with Gasteiger partial charge in [-0.1, -0.05) is 6.92 Å². The van der Waals surface area contributed by atoms with E-state index in [9.17, 15) is 22.0 Å². The quantitative estimate of drug-likeness (QED) is 0.552. The second-order valence-electron chi connectivity index (χ2n) is 5.08. The largest absolute Gasteiger partial charge is 0.400 e. The van der Waals surface area contributed by atoms with Gasteiger partial charge in [-0.25, -0.2) is 8.78 Å². The summed E-state index contributed by atoms with van der Waals surface area (Å²) in [6.07, 6.45) is -4.52. The van der Waals surface area contributed by atoms with E-state index in [-0.39, 0.29) is 18.8 Å². The molecule has 4 atom stereocenters. The molecule has 0 amide bonds. The predicted octanol–water partition coefficient (Wildman–Crippen LogP) is 3.87. The van der Waals surface area contributed by atoms with Crippen molar-refractivity contribution in [1.29, 1.82) is 0 Å². The Morgan fingerprint density at radius 2 is 1.67 bits per heavy atom. The summed E-state index contributed by atoms with van der Waals surface area (Å²) in [6.45, 7) is 2.30. The zero-order valence-electron chi connectivity index (χ0n) is 8.54. The van der Waals surface area contributed by atoms with Gasteiger partial charge in [0, 0.05) is 5.92 Å². The maximum absolute atomic E-state index is 13.7. The maximum Gasteiger partial charge on any atom is 0.400 e. The molecule has 0 spiro atoms. The molecular weight excluding hydrogens is 215 g/mol. The number of rotatable bonds is 0. The third kappa shape index (κ3) is 1.07. The molecule has 88 valence electrons. The van der Waals surface area contributed by atoms with Crippen molar-refractivity contribution in [2.75, 3.05) is 0 Å². The SMILES string of the molecule is C[C@@H]1CC2CC1C(F)(F)C2(C)C(F)(F)F. The lowest BCUT2D eigenvalue weighted by molar-refractivity contribution is -0.313. The third-order valence-electron chi connectivity index (χ3n) is 4.45. The lowest BCUT2D eigenvalue weighted by Gasteiger charge is -2.43. The van der Waals surface area contributed by atoms with Crippen LogP contribution in [0.3, 0.4) is 0 Å². The van der Waals surface area contributed by atoms with Crippen LogP contribution in [0.4, 0.5) is 22.0 Å². The van der Waals surface area contributed by atoms with Crippen LogP contribution in [0.1, 0.15) is 26.7 Å². The summed E-state index contributed by atoms with van der Waals surface area (Å²) >= 11 is 0. The van der Waals surface area contributed by atoms with Crippen LogP contribution < -0.4 is 0 Å². The van der Waals surface area contributed by atoms with Gasteiger partial charge < -0.3 is 0 Å². The van der Waals surface area contributed by atoms with Crippen molar-refractivity contribution >= 4 is 0 Å². The van der Waals surface area contributed by atoms with Crippen molar-refractivity contribution in [2.45, 2.75) is 38.8 Å². The van der Waals surface area contributed by atoms with Crippen LogP contribution in [-0.2, 0) is 0 Å². The molecule has 0 aromatic carbocycles. The van der Waals surface area contributed by atoms with Crippen LogP contribution in [-0.4, -0.2) is 12.1 Å². The molecule has 2 saturated carbocycles. The van der Waals surface area contributed by atoms with Crippen molar-refractivity contribution in [3.05, 3.63) is 0 Å². The molecule has 0 aromatic rings. The first kappa shape index (κ1) is 11.1. The lowest BCUT2D eigenvalue weighted by Crippen LogP contribution is -2.55. The fourth-order valence-electron chi connectivity index (χ4n) is 3.30. The van der Waals surface area contributed by atoms with Crippen LogP contribution in [0.2, 0.25) is 0 Å². The zero-order valence-corrected chi connectivity index (χ0v) is 8.54. The Hall–Kier alpha value is -0.350. The average Bonchev–Trinajstić information content (AvgIpc) is 2.49. The summed E-state index contributed by atoms with van der Waals surface area (Å²) in [7, 11) is 0. The monoisotopic (exact) mass is 228 g/mol. The van der Waals surface area contributed by atoms with Crippen molar-refractivity contribution in [1.82, 2.24) is 0 Å². The van der Waals surface area contributed by atoms with Crippen molar-refractivity contribution < 1.29 is 22.0 Å². The highest BCUT2D eigenvalue weighted by Gasteiger charge is 2.78. The van der Waals surface area contributed by atoms with Crippen LogP contribution in [0, 0.1) is 23.2 Å². The fourth-order valence-corrected chi connectivity index (χ4v) is 3.30. The lowest BCUT2D eigenvalue weighted by atomic mass is 9.68. The molecule has 2 fully saturated rings. The molecule has 0 N–H and O–H groups in total. The summed E-state index contributed by atoms with van der Waals surface area (Å²) in [5.74, 6) is -5.89. The van der Waals surface area contributed by atoms with E-state index < -0.39 is 29.3 Å². The Morgan fingerprint density at radius 3 is 2.00 bits per heavy atom. The standard InChI is InChI=1S/C10H13F5/c1-5-3-6-4-7(5)9(11,12)8(6,2)10(13,14)15/h5-7H,3-4H2,1-2H3/t5-,6?,7?,8?/m1/s1. The molecule has 0 nitrogen and oxygen atoms in total. The molecule has 0 saturated heterocycles. The van der Waals surface area contributed by atoms with E-state index in [4.69, 9.17) is 0 Å². The van der Waals surface area contributed by atoms with E-state index in [1.165, 1.54) is 0 Å². The second-order valence-corrected chi connectivity index (χ2v) is 5.08. The van der Waals surface area contributed by atoms with Gasteiger partial charge in [0.2, 0.25) is 0 Å². The smallest absolute Gasteiger partial charge is 0.206 e. The van der Waals surface area contributed by atoms with Crippen molar-refractivity contribution in [3.63, 3.8) is 0 Å². The molecule has 0 aromatic heterocycles. The van der Waals surface area contributed by atoms with Gasteiger partial charge in [0.05, 0.1) is 0 Å². The summed E-state index contributed by atoms with van der Waals surface area (Å²) in [5, 5.41) is 0. The van der Waals surface area contributed by atoms with Gasteiger partial charge in [0.25, 0.3) is 5.92 Å². The average molecular weight is 228 g/mol. The topological polar surface area (TPSA) is 0 Å². The summed E-state index contributed by atoms with van der Waals surface area (Å²) in [6, 6.07) is 0. The number of fused-ring (bicyclic) bond motifs is 2. The van der Waals surface area contributed by atoms with Crippen LogP contribution in [0.15, 0.2) is 0 Å². The maximum atomic E-state index is 13.7. The normalized spacial score (nSPS) is 48.6. The Morgan fingerprint density at radius 1 is 1.13 bits per heavy atom. The van der Waals surface area contributed by atoms with E-state index in [1.54, 1.807) is 6.92 Å². The Bertz CT molecular complexity index is 282. The van der Waals surface area contributed by atoms with E-state index in [2.05, 4.69) is 0 Å². The minimum Gasteiger partial charge on any atom is -0.206 e. The molecule has 2 aliphatic rings. The van der Waals surface area contributed by atoms with Gasteiger partial charge in [-0.15, -0.1) is 0 Å². The second kappa shape index (κ2) is 2.66. The van der Waals surface area contributed by atoms with Crippen molar-refractivity contribution in [2.24, 2.45) is 23.2 Å². The van der Waals surface area contributed by atoms with Gasteiger partial charge in [-0.2, -0.15) is 13.2 Å². The number of hydrogen-bond acceptors (Lipinski definition) is 0.